The lowest BCUT2D eigenvalue weighted by atomic mass is 10.3. The van der Waals surface area contributed by atoms with E-state index in [1.807, 2.05) is 21.7 Å². The lowest BCUT2D eigenvalue weighted by molar-refractivity contribution is 0.0791. The van der Waals surface area contributed by atoms with Gasteiger partial charge in [-0.15, -0.1) is 0 Å². The largest absolute Gasteiger partial charge is 0.337 e. The smallest absolute Gasteiger partial charge is 0.254 e. The molecule has 0 bridgehead atoms. The van der Waals surface area contributed by atoms with Crippen molar-refractivity contribution >= 4 is 17.2 Å². The van der Waals surface area contributed by atoms with Crippen LogP contribution in [0, 0.1) is 0 Å². The van der Waals surface area contributed by atoms with Gasteiger partial charge in [0.25, 0.3) is 5.91 Å². The molecule has 70 valence electrons. The quantitative estimate of drug-likeness (QED) is 0.726. The molecule has 0 saturated carbocycles. The monoisotopic (exact) mass is 196 g/mol. The van der Waals surface area contributed by atoms with Gasteiger partial charge < -0.3 is 10.6 Å². The molecular formula is C9H12N2OS. The average molecular weight is 196 g/mol. The summed E-state index contributed by atoms with van der Waals surface area (Å²) >= 11 is 1.55. The van der Waals surface area contributed by atoms with E-state index < -0.39 is 0 Å². The van der Waals surface area contributed by atoms with E-state index in [2.05, 4.69) is 0 Å². The number of thiophene rings is 1. The molecule has 1 aromatic rings. The van der Waals surface area contributed by atoms with E-state index in [0.29, 0.717) is 6.54 Å². The summed E-state index contributed by atoms with van der Waals surface area (Å²) in [5.74, 6) is 0.120. The summed E-state index contributed by atoms with van der Waals surface area (Å²) < 4.78 is 0. The van der Waals surface area contributed by atoms with Crippen molar-refractivity contribution < 1.29 is 4.79 Å². The number of carbonyl (C=O) groups excluding carboxylic acids is 1. The standard InChI is InChI=1S/C9H12N2OS/c10-8-1-3-11(5-8)9(12)7-2-4-13-6-7/h2,4,6,8H,1,3,5,10H2/t8-/m1/s1. The van der Waals surface area contributed by atoms with Crippen LogP contribution in [0.25, 0.3) is 0 Å². The van der Waals surface area contributed by atoms with Crippen molar-refractivity contribution in [2.45, 2.75) is 12.5 Å². The third-order valence-electron chi connectivity index (χ3n) is 2.28. The van der Waals surface area contributed by atoms with E-state index in [1.165, 1.54) is 0 Å². The van der Waals surface area contributed by atoms with Crippen LogP contribution in [0.5, 0.6) is 0 Å². The Morgan fingerprint density at radius 3 is 3.08 bits per heavy atom. The lowest BCUT2D eigenvalue weighted by Gasteiger charge is -2.14. The van der Waals surface area contributed by atoms with Crippen molar-refractivity contribution in [3.8, 4) is 0 Å². The van der Waals surface area contributed by atoms with Crippen LogP contribution in [-0.4, -0.2) is 29.9 Å². The van der Waals surface area contributed by atoms with Gasteiger partial charge in [0.15, 0.2) is 0 Å². The molecule has 3 nitrogen and oxygen atoms in total. The van der Waals surface area contributed by atoms with Crippen LogP contribution in [0.3, 0.4) is 0 Å². The van der Waals surface area contributed by atoms with Crippen LogP contribution in [0.2, 0.25) is 0 Å². The number of carbonyl (C=O) groups is 1. The third-order valence-corrected chi connectivity index (χ3v) is 2.96. The van der Waals surface area contributed by atoms with Gasteiger partial charge in [-0.3, -0.25) is 4.79 Å². The molecule has 2 rings (SSSR count). The molecule has 13 heavy (non-hydrogen) atoms. The molecule has 2 N–H and O–H groups in total. The fourth-order valence-corrected chi connectivity index (χ4v) is 2.17. The van der Waals surface area contributed by atoms with Gasteiger partial charge in [0.05, 0.1) is 5.56 Å². The minimum Gasteiger partial charge on any atom is -0.337 e. The molecule has 0 aliphatic carbocycles. The Labute approximate surface area is 81.2 Å². The maximum absolute atomic E-state index is 11.7. The molecule has 1 atom stereocenters. The Morgan fingerprint density at radius 2 is 2.54 bits per heavy atom. The van der Waals surface area contributed by atoms with Crippen molar-refractivity contribution in [3.05, 3.63) is 22.4 Å². The van der Waals surface area contributed by atoms with E-state index in [1.54, 1.807) is 11.3 Å². The van der Waals surface area contributed by atoms with Crippen LogP contribution in [0.1, 0.15) is 16.8 Å². The number of nitrogens with zero attached hydrogens (tertiary/aromatic N) is 1. The highest BCUT2D eigenvalue weighted by Gasteiger charge is 2.24. The molecule has 1 fully saturated rings. The Bertz CT molecular complexity index is 297. The van der Waals surface area contributed by atoms with Crippen molar-refractivity contribution in [1.82, 2.24) is 4.90 Å². The van der Waals surface area contributed by atoms with E-state index in [0.717, 1.165) is 18.5 Å². The van der Waals surface area contributed by atoms with Crippen molar-refractivity contribution in [2.24, 2.45) is 5.73 Å². The highest BCUT2D eigenvalue weighted by Crippen LogP contribution is 2.14. The first-order valence-electron chi connectivity index (χ1n) is 4.34. The van der Waals surface area contributed by atoms with E-state index in [-0.39, 0.29) is 11.9 Å². The molecule has 0 radical (unpaired) electrons. The molecule has 0 unspecified atom stereocenters. The molecule has 2 heterocycles. The molecule has 4 heteroatoms. The Morgan fingerprint density at radius 1 is 1.69 bits per heavy atom. The summed E-state index contributed by atoms with van der Waals surface area (Å²) in [6, 6.07) is 2.03. The molecule has 1 aliphatic heterocycles. The minimum absolute atomic E-state index is 0.120. The first-order valence-corrected chi connectivity index (χ1v) is 5.28. The van der Waals surface area contributed by atoms with Gasteiger partial charge in [0.2, 0.25) is 0 Å². The maximum atomic E-state index is 11.7. The topological polar surface area (TPSA) is 46.3 Å². The summed E-state index contributed by atoms with van der Waals surface area (Å²) in [5.41, 5.74) is 6.52. The highest BCUT2D eigenvalue weighted by atomic mass is 32.1. The van der Waals surface area contributed by atoms with Gasteiger partial charge in [-0.1, -0.05) is 0 Å². The second-order valence-electron chi connectivity index (χ2n) is 3.31. The fraction of sp³-hybridized carbons (Fsp3) is 0.444. The van der Waals surface area contributed by atoms with Gasteiger partial charge in [-0.2, -0.15) is 11.3 Å². The molecule has 1 aliphatic rings. The SMILES string of the molecule is N[C@@H]1CCN(C(=O)c2ccsc2)C1. The van der Waals surface area contributed by atoms with E-state index in [9.17, 15) is 4.79 Å². The number of amides is 1. The number of rotatable bonds is 1. The summed E-state index contributed by atoms with van der Waals surface area (Å²) in [7, 11) is 0. The predicted octanol–water partition coefficient (Wildman–Crippen LogP) is 0.921. The van der Waals surface area contributed by atoms with Gasteiger partial charge in [-0.25, -0.2) is 0 Å². The lowest BCUT2D eigenvalue weighted by Crippen LogP contribution is -2.31. The number of likely N-dealkylation sites (tertiary alicyclic amines) is 1. The van der Waals surface area contributed by atoms with Gasteiger partial charge in [-0.05, 0) is 17.9 Å². The zero-order valence-electron chi connectivity index (χ0n) is 7.27. The Hall–Kier alpha value is -0.870. The molecule has 0 spiro atoms. The van der Waals surface area contributed by atoms with Gasteiger partial charge in [0.1, 0.15) is 0 Å². The summed E-state index contributed by atoms with van der Waals surface area (Å²) in [5, 5.41) is 3.80. The maximum Gasteiger partial charge on any atom is 0.254 e. The number of hydrogen-bond acceptors (Lipinski definition) is 3. The van der Waals surface area contributed by atoms with E-state index >= 15 is 0 Å². The normalized spacial score (nSPS) is 22.2. The zero-order chi connectivity index (χ0) is 9.26. The summed E-state index contributed by atoms with van der Waals surface area (Å²) in [6.07, 6.45) is 0.926. The highest BCUT2D eigenvalue weighted by molar-refractivity contribution is 7.08. The zero-order valence-corrected chi connectivity index (χ0v) is 8.09. The first kappa shape index (κ1) is 8.72. The molecule has 1 aromatic heterocycles. The predicted molar refractivity (Wildman–Crippen MR) is 52.8 cm³/mol. The molecular weight excluding hydrogens is 184 g/mol. The van der Waals surface area contributed by atoms with Crippen molar-refractivity contribution in [1.29, 1.82) is 0 Å². The van der Waals surface area contributed by atoms with Crippen LogP contribution < -0.4 is 5.73 Å². The molecule has 1 saturated heterocycles. The van der Waals surface area contributed by atoms with E-state index in [4.69, 9.17) is 5.73 Å². The second-order valence-corrected chi connectivity index (χ2v) is 4.09. The second kappa shape index (κ2) is 3.47. The molecule has 1 amide bonds. The van der Waals surface area contributed by atoms with Gasteiger partial charge >= 0.3 is 0 Å². The summed E-state index contributed by atoms with van der Waals surface area (Å²) in [6.45, 7) is 1.50. The fourth-order valence-electron chi connectivity index (χ4n) is 1.54. The third kappa shape index (κ3) is 1.73. The van der Waals surface area contributed by atoms with Crippen LogP contribution in [0.4, 0.5) is 0 Å². The average Bonchev–Trinajstić information content (AvgIpc) is 2.72. The Kier molecular flexibility index (Phi) is 2.33. The molecule has 0 aromatic carbocycles. The summed E-state index contributed by atoms with van der Waals surface area (Å²) in [4.78, 5) is 13.6. The van der Waals surface area contributed by atoms with Crippen molar-refractivity contribution in [3.63, 3.8) is 0 Å². The Balaban J connectivity index is 2.06. The minimum atomic E-state index is 0.120. The van der Waals surface area contributed by atoms with Gasteiger partial charge in [0, 0.05) is 24.5 Å². The first-order chi connectivity index (χ1) is 6.27. The van der Waals surface area contributed by atoms with Crippen LogP contribution in [0.15, 0.2) is 16.8 Å². The number of hydrogen-bond donors (Lipinski definition) is 1. The van der Waals surface area contributed by atoms with Crippen LogP contribution in [-0.2, 0) is 0 Å². The number of nitrogens with two attached hydrogens (primary N) is 1. The van der Waals surface area contributed by atoms with Crippen molar-refractivity contribution in [2.75, 3.05) is 13.1 Å². The van der Waals surface area contributed by atoms with Crippen LogP contribution >= 0.6 is 11.3 Å².